The maximum Gasteiger partial charge on any atom is 0.223 e. The van der Waals surface area contributed by atoms with E-state index in [1.54, 1.807) is 6.20 Å². The maximum atomic E-state index is 12.7. The number of ether oxygens (including phenoxy) is 2. The summed E-state index contributed by atoms with van der Waals surface area (Å²) in [7, 11) is 0. The Labute approximate surface area is 147 Å². The minimum Gasteiger partial charge on any atom is -0.486 e. The van der Waals surface area contributed by atoms with Crippen molar-refractivity contribution < 1.29 is 14.3 Å². The molecule has 1 aromatic carbocycles. The fourth-order valence-electron chi connectivity index (χ4n) is 3.60. The molecular formula is C20H22N2O3. The number of pyridine rings is 1. The topological polar surface area (TPSA) is 51.7 Å². The SMILES string of the molecule is O=C(CCc1ccccn1)N1CCCC1c1ccc2c(c1)OCCO2. The average Bonchev–Trinajstić information content (AvgIpc) is 3.16. The fraction of sp³-hybridized carbons (Fsp3) is 0.400. The van der Waals surface area contributed by atoms with Gasteiger partial charge in [0.05, 0.1) is 6.04 Å². The van der Waals surface area contributed by atoms with Crippen LogP contribution < -0.4 is 9.47 Å². The highest BCUT2D eigenvalue weighted by Gasteiger charge is 2.30. The smallest absolute Gasteiger partial charge is 0.223 e. The summed E-state index contributed by atoms with van der Waals surface area (Å²) in [6.45, 7) is 1.99. The lowest BCUT2D eigenvalue weighted by molar-refractivity contribution is -0.132. The van der Waals surface area contributed by atoms with Crippen LogP contribution in [-0.2, 0) is 11.2 Å². The number of rotatable bonds is 4. The van der Waals surface area contributed by atoms with Gasteiger partial charge in [0.25, 0.3) is 0 Å². The van der Waals surface area contributed by atoms with E-state index >= 15 is 0 Å². The molecule has 0 bridgehead atoms. The van der Waals surface area contributed by atoms with Crippen LogP contribution in [0, 0.1) is 0 Å². The number of likely N-dealkylation sites (tertiary alicyclic amines) is 1. The van der Waals surface area contributed by atoms with Gasteiger partial charge in [-0.05, 0) is 49.1 Å². The molecule has 1 fully saturated rings. The Morgan fingerprint density at radius 1 is 1.16 bits per heavy atom. The molecule has 4 rings (SSSR count). The summed E-state index contributed by atoms with van der Waals surface area (Å²) in [4.78, 5) is 19.0. The molecule has 1 unspecified atom stereocenters. The second kappa shape index (κ2) is 7.13. The molecule has 2 aromatic rings. The first-order valence-corrected chi connectivity index (χ1v) is 8.90. The van der Waals surface area contributed by atoms with Gasteiger partial charge in [-0.15, -0.1) is 0 Å². The zero-order valence-electron chi connectivity index (χ0n) is 14.2. The summed E-state index contributed by atoms with van der Waals surface area (Å²) in [6, 6.07) is 12.0. The molecule has 2 aliphatic rings. The van der Waals surface area contributed by atoms with Gasteiger partial charge in [0, 0.05) is 24.9 Å². The number of aryl methyl sites for hydroxylation is 1. The van der Waals surface area contributed by atoms with Crippen LogP contribution in [0.15, 0.2) is 42.6 Å². The van der Waals surface area contributed by atoms with Crippen LogP contribution in [0.1, 0.15) is 36.6 Å². The molecule has 130 valence electrons. The van der Waals surface area contributed by atoms with Gasteiger partial charge < -0.3 is 14.4 Å². The number of carbonyl (C=O) groups excluding carboxylic acids is 1. The van der Waals surface area contributed by atoms with Gasteiger partial charge >= 0.3 is 0 Å². The molecule has 5 heteroatoms. The normalized spacial score (nSPS) is 19.0. The Morgan fingerprint density at radius 3 is 2.88 bits per heavy atom. The Morgan fingerprint density at radius 2 is 2.04 bits per heavy atom. The third-order valence-electron chi connectivity index (χ3n) is 4.85. The average molecular weight is 338 g/mol. The third-order valence-corrected chi connectivity index (χ3v) is 4.85. The first-order chi connectivity index (χ1) is 12.3. The number of amides is 1. The Kier molecular flexibility index (Phi) is 4.55. The van der Waals surface area contributed by atoms with Crippen molar-refractivity contribution in [3.63, 3.8) is 0 Å². The van der Waals surface area contributed by atoms with E-state index in [-0.39, 0.29) is 11.9 Å². The van der Waals surface area contributed by atoms with E-state index in [1.165, 1.54) is 0 Å². The number of benzene rings is 1. The van der Waals surface area contributed by atoms with Gasteiger partial charge in [-0.1, -0.05) is 12.1 Å². The van der Waals surface area contributed by atoms with Crippen molar-refractivity contribution in [3.05, 3.63) is 53.9 Å². The minimum absolute atomic E-state index is 0.132. The fourth-order valence-corrected chi connectivity index (χ4v) is 3.60. The standard InChI is InChI=1S/C20H22N2O3/c23-20(9-7-16-4-1-2-10-21-16)22-11-3-5-17(22)15-6-8-18-19(14-15)25-13-12-24-18/h1-2,4,6,8,10,14,17H,3,5,7,9,11-13H2. The monoisotopic (exact) mass is 338 g/mol. The summed E-state index contributed by atoms with van der Waals surface area (Å²) in [5, 5.41) is 0. The highest BCUT2D eigenvalue weighted by Crippen LogP contribution is 2.38. The first kappa shape index (κ1) is 15.9. The Bertz CT molecular complexity index is 748. The Hall–Kier alpha value is -2.56. The summed E-state index contributed by atoms with van der Waals surface area (Å²) >= 11 is 0. The molecule has 1 atom stereocenters. The first-order valence-electron chi connectivity index (χ1n) is 8.90. The highest BCUT2D eigenvalue weighted by molar-refractivity contribution is 5.77. The van der Waals surface area contributed by atoms with Crippen molar-refractivity contribution >= 4 is 5.91 Å². The molecule has 3 heterocycles. The van der Waals surface area contributed by atoms with Gasteiger partial charge in [-0.25, -0.2) is 0 Å². The summed E-state index contributed by atoms with van der Waals surface area (Å²) in [5.74, 6) is 1.78. The van der Waals surface area contributed by atoms with Crippen LogP contribution in [0.4, 0.5) is 0 Å². The van der Waals surface area contributed by atoms with Gasteiger partial charge in [0.2, 0.25) is 5.91 Å². The van der Waals surface area contributed by atoms with E-state index in [0.29, 0.717) is 26.1 Å². The number of fused-ring (bicyclic) bond motifs is 1. The maximum absolute atomic E-state index is 12.7. The van der Waals surface area contributed by atoms with E-state index < -0.39 is 0 Å². The lowest BCUT2D eigenvalue weighted by Gasteiger charge is -2.27. The zero-order chi connectivity index (χ0) is 17.1. The summed E-state index contributed by atoms with van der Waals surface area (Å²) in [5.41, 5.74) is 2.10. The van der Waals surface area contributed by atoms with Crippen LogP contribution >= 0.6 is 0 Å². The van der Waals surface area contributed by atoms with E-state index in [0.717, 1.165) is 42.1 Å². The molecule has 0 spiro atoms. The van der Waals surface area contributed by atoms with Crippen LogP contribution in [0.2, 0.25) is 0 Å². The quantitative estimate of drug-likeness (QED) is 0.859. The molecule has 2 aliphatic heterocycles. The van der Waals surface area contributed by atoms with Gasteiger partial charge in [0.15, 0.2) is 11.5 Å². The van der Waals surface area contributed by atoms with Gasteiger partial charge in [-0.3, -0.25) is 9.78 Å². The van der Waals surface area contributed by atoms with Gasteiger partial charge in [0.1, 0.15) is 13.2 Å². The number of carbonyl (C=O) groups is 1. The Balaban J connectivity index is 1.45. The second-order valence-corrected chi connectivity index (χ2v) is 6.47. The largest absolute Gasteiger partial charge is 0.486 e. The van der Waals surface area contributed by atoms with Crippen LogP contribution in [-0.4, -0.2) is 35.5 Å². The van der Waals surface area contributed by atoms with Crippen molar-refractivity contribution in [1.82, 2.24) is 9.88 Å². The number of aromatic nitrogens is 1. The molecule has 5 nitrogen and oxygen atoms in total. The van der Waals surface area contributed by atoms with Crippen molar-refractivity contribution in [2.75, 3.05) is 19.8 Å². The number of hydrogen-bond acceptors (Lipinski definition) is 4. The van der Waals surface area contributed by atoms with Crippen molar-refractivity contribution in [1.29, 1.82) is 0 Å². The van der Waals surface area contributed by atoms with E-state index in [4.69, 9.17) is 9.47 Å². The van der Waals surface area contributed by atoms with Crippen LogP contribution in [0.5, 0.6) is 11.5 Å². The predicted octanol–water partition coefficient (Wildman–Crippen LogP) is 3.15. The van der Waals surface area contributed by atoms with Crippen LogP contribution in [0.25, 0.3) is 0 Å². The third kappa shape index (κ3) is 3.45. The van der Waals surface area contributed by atoms with Crippen molar-refractivity contribution in [2.45, 2.75) is 31.7 Å². The molecule has 1 saturated heterocycles. The molecule has 0 N–H and O–H groups in total. The van der Waals surface area contributed by atoms with Crippen molar-refractivity contribution in [2.24, 2.45) is 0 Å². The lowest BCUT2D eigenvalue weighted by atomic mass is 10.0. The molecule has 0 radical (unpaired) electrons. The molecule has 25 heavy (non-hydrogen) atoms. The predicted molar refractivity (Wildman–Crippen MR) is 93.7 cm³/mol. The van der Waals surface area contributed by atoms with E-state index in [2.05, 4.69) is 11.1 Å². The summed E-state index contributed by atoms with van der Waals surface area (Å²) in [6.07, 6.45) is 4.99. The van der Waals surface area contributed by atoms with E-state index in [9.17, 15) is 4.79 Å². The lowest BCUT2D eigenvalue weighted by Crippen LogP contribution is -2.30. The zero-order valence-corrected chi connectivity index (χ0v) is 14.2. The van der Waals surface area contributed by atoms with Gasteiger partial charge in [-0.2, -0.15) is 0 Å². The van der Waals surface area contributed by atoms with E-state index in [1.807, 2.05) is 35.2 Å². The van der Waals surface area contributed by atoms with Crippen molar-refractivity contribution in [3.8, 4) is 11.5 Å². The summed E-state index contributed by atoms with van der Waals surface area (Å²) < 4.78 is 11.3. The molecule has 0 saturated carbocycles. The minimum atomic E-state index is 0.132. The number of hydrogen-bond donors (Lipinski definition) is 0. The molecule has 1 amide bonds. The number of nitrogens with zero attached hydrogens (tertiary/aromatic N) is 2. The molecule has 0 aliphatic carbocycles. The van der Waals surface area contributed by atoms with Crippen LogP contribution in [0.3, 0.4) is 0 Å². The second-order valence-electron chi connectivity index (χ2n) is 6.47. The molecule has 1 aromatic heterocycles. The highest BCUT2D eigenvalue weighted by atomic mass is 16.6. The molecular weight excluding hydrogens is 316 g/mol.